The molecule has 1 saturated carbocycles. The Labute approximate surface area is 232 Å². The van der Waals surface area contributed by atoms with Crippen LogP contribution in [0.1, 0.15) is 61.2 Å². The first kappa shape index (κ1) is 26.9. The number of anilines is 1. The first-order valence-electron chi connectivity index (χ1n) is 13.4. The summed E-state index contributed by atoms with van der Waals surface area (Å²) in [4.78, 5) is 29.6. The zero-order valence-electron chi connectivity index (χ0n) is 22.5. The van der Waals surface area contributed by atoms with Gasteiger partial charge in [-0.15, -0.1) is 5.10 Å². The third-order valence-electron chi connectivity index (χ3n) is 6.95. The van der Waals surface area contributed by atoms with Crippen LogP contribution in [0.15, 0.2) is 71.6 Å². The third kappa shape index (κ3) is 5.83. The molecule has 1 atom stereocenters. The molecule has 11 heteroatoms. The first-order chi connectivity index (χ1) is 19.6. The van der Waals surface area contributed by atoms with E-state index in [0.29, 0.717) is 35.0 Å². The van der Waals surface area contributed by atoms with Gasteiger partial charge in [-0.3, -0.25) is 14.5 Å². The Kier molecular flexibility index (Phi) is 8.38. The molecule has 0 unspecified atom stereocenters. The number of methoxy groups -OCH3 is 1. The highest BCUT2D eigenvalue weighted by molar-refractivity contribution is 6.09. The highest BCUT2D eigenvalue weighted by Gasteiger charge is 2.36. The zero-order chi connectivity index (χ0) is 27.9. The Morgan fingerprint density at radius 3 is 2.58 bits per heavy atom. The van der Waals surface area contributed by atoms with Gasteiger partial charge in [0.05, 0.1) is 20.0 Å². The van der Waals surface area contributed by atoms with Crippen molar-refractivity contribution in [3.05, 3.63) is 78.5 Å². The Morgan fingerprint density at radius 2 is 1.93 bits per heavy atom. The third-order valence-corrected chi connectivity index (χ3v) is 6.95. The van der Waals surface area contributed by atoms with Gasteiger partial charge in [0.15, 0.2) is 5.76 Å². The van der Waals surface area contributed by atoms with Crippen molar-refractivity contribution in [2.45, 2.75) is 51.1 Å². The second kappa shape index (κ2) is 12.5. The summed E-state index contributed by atoms with van der Waals surface area (Å²) in [6.45, 7) is 2.42. The number of benzene rings is 2. The maximum absolute atomic E-state index is 14.1. The molecule has 208 valence electrons. The molecule has 4 aromatic rings. The van der Waals surface area contributed by atoms with E-state index in [1.54, 1.807) is 42.5 Å². The van der Waals surface area contributed by atoms with Crippen LogP contribution >= 0.6 is 0 Å². The Hall–Kier alpha value is -4.67. The van der Waals surface area contributed by atoms with E-state index in [0.717, 1.165) is 32.1 Å². The molecular formula is C29H32N6O5. The van der Waals surface area contributed by atoms with Gasteiger partial charge in [0, 0.05) is 17.8 Å². The molecule has 2 aromatic heterocycles. The fraction of sp³-hybridized carbons (Fsp3) is 0.345. The normalized spacial score (nSPS) is 14.3. The molecule has 2 heterocycles. The van der Waals surface area contributed by atoms with Gasteiger partial charge < -0.3 is 19.2 Å². The number of tetrazole rings is 1. The van der Waals surface area contributed by atoms with Crippen molar-refractivity contribution in [3.63, 3.8) is 0 Å². The van der Waals surface area contributed by atoms with Crippen LogP contribution in [-0.4, -0.2) is 51.8 Å². The summed E-state index contributed by atoms with van der Waals surface area (Å²) >= 11 is 0. The summed E-state index contributed by atoms with van der Waals surface area (Å²) < 4.78 is 18.2. The van der Waals surface area contributed by atoms with Gasteiger partial charge in [-0.2, -0.15) is 4.68 Å². The van der Waals surface area contributed by atoms with E-state index in [1.807, 2.05) is 19.1 Å². The molecular weight excluding hydrogens is 512 g/mol. The van der Waals surface area contributed by atoms with E-state index in [1.165, 1.54) is 29.3 Å². The van der Waals surface area contributed by atoms with Gasteiger partial charge in [0.1, 0.15) is 29.6 Å². The summed E-state index contributed by atoms with van der Waals surface area (Å²) in [5, 5.41) is 14.6. The maximum atomic E-state index is 14.1. The molecule has 1 fully saturated rings. The van der Waals surface area contributed by atoms with E-state index in [-0.39, 0.29) is 17.7 Å². The highest BCUT2D eigenvalue weighted by Crippen LogP contribution is 2.35. The molecule has 2 amide bonds. The molecule has 0 spiro atoms. The van der Waals surface area contributed by atoms with Crippen molar-refractivity contribution in [2.75, 3.05) is 18.6 Å². The van der Waals surface area contributed by atoms with Crippen LogP contribution in [0.2, 0.25) is 0 Å². The zero-order valence-corrected chi connectivity index (χ0v) is 22.5. The lowest BCUT2D eigenvalue weighted by Crippen LogP contribution is -2.47. The van der Waals surface area contributed by atoms with Crippen molar-refractivity contribution in [2.24, 2.45) is 0 Å². The number of aromatic nitrogens is 4. The summed E-state index contributed by atoms with van der Waals surface area (Å²) in [6, 6.07) is 14.6. The average molecular weight is 545 g/mol. The SMILES string of the molecule is CCOc1ccc([C@H](C(=O)NC2CCCCC2)N(C(=O)c2ccco2)c2ccc(-n3cnnn3)c(OC)c2)cc1. The van der Waals surface area contributed by atoms with Gasteiger partial charge in [0.25, 0.3) is 5.91 Å². The number of rotatable bonds is 10. The van der Waals surface area contributed by atoms with E-state index >= 15 is 0 Å². The van der Waals surface area contributed by atoms with E-state index in [4.69, 9.17) is 13.9 Å². The predicted molar refractivity (Wildman–Crippen MR) is 147 cm³/mol. The number of ether oxygens (including phenoxy) is 2. The summed E-state index contributed by atoms with van der Waals surface area (Å²) in [5.41, 5.74) is 1.64. The van der Waals surface area contributed by atoms with Crippen LogP contribution in [0.4, 0.5) is 5.69 Å². The second-order valence-electron chi connectivity index (χ2n) is 9.51. The molecule has 2 aromatic carbocycles. The molecule has 0 bridgehead atoms. The molecule has 1 aliphatic carbocycles. The Morgan fingerprint density at radius 1 is 1.12 bits per heavy atom. The van der Waals surface area contributed by atoms with Crippen LogP contribution in [0, 0.1) is 0 Å². The highest BCUT2D eigenvalue weighted by atomic mass is 16.5. The lowest BCUT2D eigenvalue weighted by Gasteiger charge is -2.33. The van der Waals surface area contributed by atoms with Crippen LogP contribution in [0.5, 0.6) is 11.5 Å². The molecule has 1 N–H and O–H groups in total. The van der Waals surface area contributed by atoms with Crippen LogP contribution in [-0.2, 0) is 4.79 Å². The predicted octanol–water partition coefficient (Wildman–Crippen LogP) is 4.50. The number of furan rings is 1. The molecule has 1 aliphatic rings. The smallest absolute Gasteiger partial charge is 0.294 e. The number of nitrogens with one attached hydrogen (secondary N) is 1. The number of amides is 2. The fourth-order valence-corrected chi connectivity index (χ4v) is 5.04. The van der Waals surface area contributed by atoms with Crippen molar-refractivity contribution < 1.29 is 23.5 Å². The average Bonchev–Trinajstić information content (AvgIpc) is 3.72. The molecule has 0 saturated heterocycles. The fourth-order valence-electron chi connectivity index (χ4n) is 5.04. The van der Waals surface area contributed by atoms with Crippen molar-refractivity contribution >= 4 is 17.5 Å². The van der Waals surface area contributed by atoms with Gasteiger partial charge in [0.2, 0.25) is 5.91 Å². The van der Waals surface area contributed by atoms with Crippen molar-refractivity contribution in [3.8, 4) is 17.2 Å². The number of hydrogen-bond donors (Lipinski definition) is 1. The summed E-state index contributed by atoms with van der Waals surface area (Å²) in [6.07, 6.45) is 7.97. The number of carbonyl (C=O) groups is 2. The standard InChI is InChI=1S/C29H32N6O5/c1-3-39-23-14-11-20(12-15-23)27(28(36)31-21-8-5-4-6-9-21)35(29(37)25-10-7-17-40-25)22-13-16-24(26(18-22)38-2)34-19-30-32-33-34/h7,10-19,21,27H,3-6,8-9H2,1-2H3,(H,31,36)/t27-/m1/s1. The molecule has 5 rings (SSSR count). The number of hydrogen-bond acceptors (Lipinski definition) is 8. The van der Waals surface area contributed by atoms with Crippen molar-refractivity contribution in [1.29, 1.82) is 0 Å². The van der Waals surface area contributed by atoms with E-state index in [9.17, 15) is 9.59 Å². The van der Waals surface area contributed by atoms with Gasteiger partial charge in [-0.25, -0.2) is 0 Å². The van der Waals surface area contributed by atoms with Crippen LogP contribution in [0.3, 0.4) is 0 Å². The molecule has 0 radical (unpaired) electrons. The van der Waals surface area contributed by atoms with Crippen molar-refractivity contribution in [1.82, 2.24) is 25.5 Å². The summed E-state index contributed by atoms with van der Waals surface area (Å²) in [7, 11) is 1.52. The molecule has 40 heavy (non-hydrogen) atoms. The van der Waals surface area contributed by atoms with Gasteiger partial charge in [-0.1, -0.05) is 31.4 Å². The second-order valence-corrected chi connectivity index (χ2v) is 9.51. The summed E-state index contributed by atoms with van der Waals surface area (Å²) in [5.74, 6) is 0.443. The quantitative estimate of drug-likeness (QED) is 0.309. The minimum atomic E-state index is -1.00. The minimum Gasteiger partial charge on any atom is -0.494 e. The first-order valence-corrected chi connectivity index (χ1v) is 13.4. The van der Waals surface area contributed by atoms with Gasteiger partial charge in [-0.05, 0) is 72.2 Å². The Balaban J connectivity index is 1.61. The lowest BCUT2D eigenvalue weighted by molar-refractivity contribution is -0.123. The minimum absolute atomic E-state index is 0.0451. The van der Waals surface area contributed by atoms with Gasteiger partial charge >= 0.3 is 0 Å². The van der Waals surface area contributed by atoms with Crippen LogP contribution < -0.4 is 19.7 Å². The maximum Gasteiger partial charge on any atom is 0.294 e. The van der Waals surface area contributed by atoms with E-state index < -0.39 is 11.9 Å². The van der Waals surface area contributed by atoms with E-state index in [2.05, 4.69) is 20.8 Å². The molecule has 0 aliphatic heterocycles. The lowest BCUT2D eigenvalue weighted by atomic mass is 9.94. The largest absolute Gasteiger partial charge is 0.494 e. The Bertz CT molecular complexity index is 1400. The number of nitrogens with zero attached hydrogens (tertiary/aromatic N) is 5. The number of carbonyl (C=O) groups excluding carboxylic acids is 2. The van der Waals surface area contributed by atoms with Crippen LogP contribution in [0.25, 0.3) is 5.69 Å². The molecule has 11 nitrogen and oxygen atoms in total. The monoisotopic (exact) mass is 544 g/mol. The topological polar surface area (TPSA) is 125 Å².